The molecule has 1 saturated heterocycles. The highest BCUT2D eigenvalue weighted by Gasteiger charge is 2.44. The third kappa shape index (κ3) is 26.3. The molecule has 8 N–H and O–H groups in total. The first-order valence-electron chi connectivity index (χ1n) is 22.6. The molecule has 0 radical (unpaired) electrons. The number of unbranched alkanes of at least 4 members (excludes halogenated alkanes) is 22. The maximum atomic E-state index is 13.0. The van der Waals surface area contributed by atoms with Gasteiger partial charge in [-0.2, -0.15) is 0 Å². The van der Waals surface area contributed by atoms with Crippen molar-refractivity contribution in [1.82, 2.24) is 10.6 Å². The number of rotatable bonds is 38. The van der Waals surface area contributed by atoms with E-state index < -0.39 is 55.6 Å². The van der Waals surface area contributed by atoms with Gasteiger partial charge in [-0.15, -0.1) is 0 Å². The second kappa shape index (κ2) is 36.0. The van der Waals surface area contributed by atoms with Gasteiger partial charge in [0.2, 0.25) is 11.8 Å². The summed E-state index contributed by atoms with van der Waals surface area (Å²) in [5, 5.41) is 69.1. The number of hydrogen-bond acceptors (Lipinski definition) is 10. The van der Waals surface area contributed by atoms with Gasteiger partial charge in [0.25, 0.3) is 0 Å². The Morgan fingerprint density at radius 2 is 1.12 bits per heavy atom. The van der Waals surface area contributed by atoms with Gasteiger partial charge in [0, 0.05) is 24.7 Å². The summed E-state index contributed by atoms with van der Waals surface area (Å²) < 4.78 is 11.1. The van der Waals surface area contributed by atoms with Crippen LogP contribution in [0.25, 0.3) is 0 Å². The largest absolute Gasteiger partial charge is 0.394 e. The quantitative estimate of drug-likeness (QED) is 0.0252. The monoisotopic (exact) mass is 867 g/mol. The van der Waals surface area contributed by atoms with Crippen LogP contribution in [0.4, 0.5) is 0 Å². The Hall–Kier alpha value is -0.900. The zero-order valence-corrected chi connectivity index (χ0v) is 36.5. The van der Waals surface area contributed by atoms with Crippen LogP contribution in [0.2, 0.25) is 0 Å². The minimum absolute atomic E-state index is 0.160. The third-order valence-corrected chi connectivity index (χ3v) is 11.5. The van der Waals surface area contributed by atoms with Crippen LogP contribution in [0.15, 0.2) is 0 Å². The molecule has 0 unspecified atom stereocenters. The van der Waals surface area contributed by atoms with Crippen LogP contribution >= 0.6 is 15.9 Å². The number of halogens is 1. The summed E-state index contributed by atoms with van der Waals surface area (Å²) in [4.78, 5) is 24.9. The Kier molecular flexibility index (Phi) is 34.1. The van der Waals surface area contributed by atoms with Crippen molar-refractivity contribution in [2.45, 2.75) is 236 Å². The Morgan fingerprint density at radius 3 is 1.66 bits per heavy atom. The lowest BCUT2D eigenvalue weighted by atomic mass is 9.98. The normalized spacial score (nSPS) is 21.5. The number of hydrogen-bond donors (Lipinski definition) is 8. The topological polar surface area (TPSA) is 198 Å². The van der Waals surface area contributed by atoms with E-state index in [0.29, 0.717) is 19.3 Å². The molecule has 1 rings (SSSR count). The molecule has 1 aliphatic rings. The van der Waals surface area contributed by atoms with Crippen molar-refractivity contribution >= 4 is 27.7 Å². The van der Waals surface area contributed by atoms with E-state index in [1.165, 1.54) is 57.8 Å². The van der Waals surface area contributed by atoms with Crippen molar-refractivity contribution in [3.05, 3.63) is 0 Å². The lowest BCUT2D eigenvalue weighted by Gasteiger charge is -2.40. The maximum Gasteiger partial charge on any atom is 0.220 e. The minimum Gasteiger partial charge on any atom is -0.394 e. The SMILES string of the molecule is CCCCCCCCCCCCCC[C@@H](O)[C@@H](O)[C@H](CO[C@H]1O[C@H](CO)[C@H](O)[C@H](O)[C@H]1O)NC(=O)CCCCCCCCCCCNC(=O)CCCCCCBr. The highest BCUT2D eigenvalue weighted by molar-refractivity contribution is 9.09. The van der Waals surface area contributed by atoms with Crippen molar-refractivity contribution < 1.29 is 49.7 Å². The van der Waals surface area contributed by atoms with E-state index in [4.69, 9.17) is 9.47 Å². The van der Waals surface area contributed by atoms with Crippen LogP contribution in [0.1, 0.15) is 187 Å². The molecule has 0 bridgehead atoms. The zero-order chi connectivity index (χ0) is 41.2. The number of nitrogens with one attached hydrogen (secondary N) is 2. The van der Waals surface area contributed by atoms with Gasteiger partial charge < -0.3 is 50.7 Å². The molecule has 0 aromatic heterocycles. The van der Waals surface area contributed by atoms with Crippen LogP contribution in [0.5, 0.6) is 0 Å². The van der Waals surface area contributed by atoms with Gasteiger partial charge in [-0.3, -0.25) is 9.59 Å². The predicted molar refractivity (Wildman–Crippen MR) is 225 cm³/mol. The van der Waals surface area contributed by atoms with Crippen molar-refractivity contribution in [2.24, 2.45) is 0 Å². The van der Waals surface area contributed by atoms with E-state index in [9.17, 15) is 40.2 Å². The summed E-state index contributed by atoms with van der Waals surface area (Å²) in [6.07, 6.45) is 19.3. The van der Waals surface area contributed by atoms with Gasteiger partial charge in [-0.05, 0) is 32.1 Å². The van der Waals surface area contributed by atoms with Gasteiger partial charge in [0.1, 0.15) is 30.5 Å². The highest BCUT2D eigenvalue weighted by Crippen LogP contribution is 2.23. The van der Waals surface area contributed by atoms with E-state index in [0.717, 1.165) is 108 Å². The molecule has 1 fully saturated rings. The molecule has 56 heavy (non-hydrogen) atoms. The van der Waals surface area contributed by atoms with E-state index in [2.05, 4.69) is 33.5 Å². The maximum absolute atomic E-state index is 13.0. The molecule has 0 aliphatic carbocycles. The Morgan fingerprint density at radius 1 is 0.643 bits per heavy atom. The lowest BCUT2D eigenvalue weighted by Crippen LogP contribution is -2.60. The molecule has 1 aliphatic heterocycles. The van der Waals surface area contributed by atoms with Gasteiger partial charge in [0.05, 0.1) is 25.4 Å². The van der Waals surface area contributed by atoms with Crippen LogP contribution in [0.3, 0.4) is 0 Å². The number of ether oxygens (including phenoxy) is 2. The van der Waals surface area contributed by atoms with E-state index in [-0.39, 0.29) is 24.8 Å². The number of aliphatic hydroxyl groups excluding tert-OH is 6. The summed E-state index contributed by atoms with van der Waals surface area (Å²) in [5.41, 5.74) is 0. The summed E-state index contributed by atoms with van der Waals surface area (Å²) in [5.74, 6) is -0.126. The van der Waals surface area contributed by atoms with E-state index in [1.807, 2.05) is 0 Å². The summed E-state index contributed by atoms with van der Waals surface area (Å²) in [7, 11) is 0. The number of carbonyl (C=O) groups excluding carboxylic acids is 2. The first kappa shape index (κ1) is 53.1. The van der Waals surface area contributed by atoms with E-state index in [1.54, 1.807) is 0 Å². The molecule has 13 heteroatoms. The van der Waals surface area contributed by atoms with Gasteiger partial charge in [0.15, 0.2) is 6.29 Å². The standard InChI is InChI=1S/C43H83BrN2O10/c1-2-3-4-5-6-7-8-9-11-14-17-22-27-35(48)39(51)34(33-55-43-42(54)41(53)40(52)36(32-47)56-43)46-38(50)29-24-18-15-12-10-13-16-21-26-31-45-37(49)28-23-19-20-25-30-44/h34-36,39-43,47-48,51-54H,2-33H2,1H3,(H,45,49)(H,46,50)/t34-,35+,36+,39-,40-,41-,42+,43-/m0/s1. The van der Waals surface area contributed by atoms with Crippen LogP contribution < -0.4 is 10.6 Å². The molecular weight excluding hydrogens is 784 g/mol. The van der Waals surface area contributed by atoms with Crippen molar-refractivity contribution in [3.8, 4) is 0 Å². The summed E-state index contributed by atoms with van der Waals surface area (Å²) >= 11 is 3.43. The Bertz CT molecular complexity index is 935. The minimum atomic E-state index is -1.62. The fourth-order valence-corrected chi connectivity index (χ4v) is 7.64. The van der Waals surface area contributed by atoms with Crippen molar-refractivity contribution in [3.63, 3.8) is 0 Å². The second-order valence-corrected chi connectivity index (χ2v) is 16.9. The third-order valence-electron chi connectivity index (χ3n) is 11.0. The van der Waals surface area contributed by atoms with Gasteiger partial charge >= 0.3 is 0 Å². The molecule has 332 valence electrons. The molecule has 0 aromatic carbocycles. The molecule has 0 saturated carbocycles. The highest BCUT2D eigenvalue weighted by atomic mass is 79.9. The molecule has 1 heterocycles. The molecular formula is C43H83BrN2O10. The lowest BCUT2D eigenvalue weighted by molar-refractivity contribution is -0.303. The Labute approximate surface area is 347 Å². The first-order chi connectivity index (χ1) is 27.2. The van der Waals surface area contributed by atoms with Crippen molar-refractivity contribution in [2.75, 3.05) is 25.1 Å². The van der Waals surface area contributed by atoms with Gasteiger partial charge in [-0.1, -0.05) is 158 Å². The second-order valence-electron chi connectivity index (χ2n) is 16.1. The smallest absolute Gasteiger partial charge is 0.220 e. The number of carbonyl (C=O) groups is 2. The van der Waals surface area contributed by atoms with Crippen LogP contribution in [-0.4, -0.2) is 116 Å². The molecule has 0 aromatic rings. The summed E-state index contributed by atoms with van der Waals surface area (Å²) in [6, 6.07) is -1.01. The zero-order valence-electron chi connectivity index (χ0n) is 34.9. The fourth-order valence-electron chi connectivity index (χ4n) is 7.24. The number of amides is 2. The number of alkyl halides is 1. The van der Waals surface area contributed by atoms with Crippen molar-refractivity contribution in [1.29, 1.82) is 0 Å². The molecule has 12 nitrogen and oxygen atoms in total. The number of aliphatic hydroxyl groups is 6. The van der Waals surface area contributed by atoms with E-state index >= 15 is 0 Å². The van der Waals surface area contributed by atoms with Gasteiger partial charge in [-0.25, -0.2) is 0 Å². The Balaban J connectivity index is 2.38. The first-order valence-corrected chi connectivity index (χ1v) is 23.7. The van der Waals surface area contributed by atoms with Crippen LogP contribution in [-0.2, 0) is 19.1 Å². The fraction of sp³-hybridized carbons (Fsp3) is 0.953. The van der Waals surface area contributed by atoms with Crippen LogP contribution in [0, 0.1) is 0 Å². The average molecular weight is 868 g/mol. The average Bonchev–Trinajstić information content (AvgIpc) is 3.19. The predicted octanol–water partition coefficient (Wildman–Crippen LogP) is 6.46. The molecule has 8 atom stereocenters. The molecule has 0 spiro atoms. The molecule has 2 amide bonds. The summed E-state index contributed by atoms with van der Waals surface area (Å²) in [6.45, 7) is 2.05.